The summed E-state index contributed by atoms with van der Waals surface area (Å²) >= 11 is 0. The zero-order chi connectivity index (χ0) is 8.11. The highest BCUT2D eigenvalue weighted by molar-refractivity contribution is 5.03. The van der Waals surface area contributed by atoms with Gasteiger partial charge in [0.25, 0.3) is 0 Å². The van der Waals surface area contributed by atoms with Gasteiger partial charge in [0.15, 0.2) is 0 Å². The van der Waals surface area contributed by atoms with E-state index in [0.29, 0.717) is 5.41 Å². The van der Waals surface area contributed by atoms with Crippen LogP contribution in [0.25, 0.3) is 0 Å². The quantitative estimate of drug-likeness (QED) is 0.515. The zero-order valence-corrected chi connectivity index (χ0v) is 7.98. The molecule has 1 aliphatic heterocycles. The van der Waals surface area contributed by atoms with Crippen LogP contribution in [-0.2, 0) is 0 Å². The minimum absolute atomic E-state index is 0.658. The molecular formula is C10H19N. The second-order valence-corrected chi connectivity index (χ2v) is 5.51. The number of nitrogens with zero attached hydrogens (tertiary/aromatic N) is 1. The van der Waals surface area contributed by atoms with Crippen LogP contribution < -0.4 is 0 Å². The van der Waals surface area contributed by atoms with Gasteiger partial charge in [0.1, 0.15) is 0 Å². The average Bonchev–Trinajstić information content (AvgIpc) is 2.08. The van der Waals surface area contributed by atoms with Crippen molar-refractivity contribution in [2.75, 3.05) is 20.1 Å². The van der Waals surface area contributed by atoms with Gasteiger partial charge in [-0.1, -0.05) is 13.8 Å². The standard InChI is InChI=1S/C10H19N/c1-9(2)6-10(7-9)4-5-11(3)8-10/h4-8H2,1-3H3. The van der Waals surface area contributed by atoms with Gasteiger partial charge in [-0.15, -0.1) is 0 Å². The predicted octanol–water partition coefficient (Wildman–Crippen LogP) is 2.13. The fourth-order valence-electron chi connectivity index (χ4n) is 3.43. The second-order valence-electron chi connectivity index (χ2n) is 5.51. The molecule has 1 saturated heterocycles. The Morgan fingerprint density at radius 1 is 1.18 bits per heavy atom. The Hall–Kier alpha value is -0.0400. The van der Waals surface area contributed by atoms with Crippen molar-refractivity contribution in [2.24, 2.45) is 10.8 Å². The van der Waals surface area contributed by atoms with Crippen LogP contribution in [0.2, 0.25) is 0 Å². The lowest BCUT2D eigenvalue weighted by atomic mass is 9.54. The fraction of sp³-hybridized carbons (Fsp3) is 1.00. The van der Waals surface area contributed by atoms with E-state index in [2.05, 4.69) is 25.8 Å². The third-order valence-electron chi connectivity index (χ3n) is 3.34. The number of likely N-dealkylation sites (tertiary alicyclic amines) is 1. The van der Waals surface area contributed by atoms with Gasteiger partial charge in [-0.25, -0.2) is 0 Å². The first-order chi connectivity index (χ1) is 5.02. The van der Waals surface area contributed by atoms with Crippen molar-refractivity contribution < 1.29 is 0 Å². The smallest absolute Gasteiger partial charge is 0.00358 e. The molecule has 0 amide bonds. The molecule has 0 aromatic rings. The van der Waals surface area contributed by atoms with Gasteiger partial charge in [-0.3, -0.25) is 0 Å². The molecule has 2 fully saturated rings. The number of rotatable bonds is 0. The largest absolute Gasteiger partial charge is 0.306 e. The molecule has 0 radical (unpaired) electrons. The summed E-state index contributed by atoms with van der Waals surface area (Å²) in [6.07, 6.45) is 4.38. The Labute approximate surface area is 69.8 Å². The topological polar surface area (TPSA) is 3.24 Å². The summed E-state index contributed by atoms with van der Waals surface area (Å²) in [4.78, 5) is 2.48. The molecule has 2 rings (SSSR count). The van der Waals surface area contributed by atoms with Gasteiger partial charge in [0.2, 0.25) is 0 Å². The lowest BCUT2D eigenvalue weighted by Crippen LogP contribution is -2.44. The van der Waals surface area contributed by atoms with Crippen molar-refractivity contribution in [1.82, 2.24) is 4.90 Å². The van der Waals surface area contributed by atoms with E-state index >= 15 is 0 Å². The maximum atomic E-state index is 2.48. The molecule has 1 heteroatoms. The third kappa shape index (κ3) is 1.20. The molecule has 2 aliphatic rings. The van der Waals surface area contributed by atoms with Crippen molar-refractivity contribution >= 4 is 0 Å². The van der Waals surface area contributed by atoms with Gasteiger partial charge in [-0.05, 0) is 43.7 Å². The molecule has 11 heavy (non-hydrogen) atoms. The Morgan fingerprint density at radius 2 is 1.82 bits per heavy atom. The highest BCUT2D eigenvalue weighted by Gasteiger charge is 2.51. The first-order valence-corrected chi connectivity index (χ1v) is 4.70. The van der Waals surface area contributed by atoms with Crippen LogP contribution in [0.3, 0.4) is 0 Å². The highest BCUT2D eigenvalue weighted by Crippen LogP contribution is 2.58. The van der Waals surface area contributed by atoms with Crippen molar-refractivity contribution in [2.45, 2.75) is 33.1 Å². The maximum absolute atomic E-state index is 2.48. The molecule has 1 nitrogen and oxygen atoms in total. The Bertz CT molecular complexity index is 164. The van der Waals surface area contributed by atoms with E-state index in [1.54, 1.807) is 0 Å². The van der Waals surface area contributed by atoms with Crippen LogP contribution in [0.4, 0.5) is 0 Å². The lowest BCUT2D eigenvalue weighted by molar-refractivity contribution is -0.00231. The van der Waals surface area contributed by atoms with E-state index in [-0.39, 0.29) is 0 Å². The van der Waals surface area contributed by atoms with E-state index in [1.165, 1.54) is 32.4 Å². The molecule has 1 spiro atoms. The fourth-order valence-corrected chi connectivity index (χ4v) is 3.43. The van der Waals surface area contributed by atoms with Gasteiger partial charge in [0, 0.05) is 6.54 Å². The molecule has 1 saturated carbocycles. The summed E-state index contributed by atoms with van der Waals surface area (Å²) in [6, 6.07) is 0. The first-order valence-electron chi connectivity index (χ1n) is 4.70. The second kappa shape index (κ2) is 2.01. The van der Waals surface area contributed by atoms with Crippen LogP contribution in [0.15, 0.2) is 0 Å². The predicted molar refractivity (Wildman–Crippen MR) is 47.6 cm³/mol. The molecule has 0 aromatic carbocycles. The van der Waals surface area contributed by atoms with Crippen molar-refractivity contribution in [3.8, 4) is 0 Å². The van der Waals surface area contributed by atoms with Crippen LogP contribution in [-0.4, -0.2) is 25.0 Å². The van der Waals surface area contributed by atoms with Gasteiger partial charge >= 0.3 is 0 Å². The van der Waals surface area contributed by atoms with E-state index < -0.39 is 0 Å². The lowest BCUT2D eigenvalue weighted by Gasteiger charge is -2.51. The van der Waals surface area contributed by atoms with Gasteiger partial charge in [0.05, 0.1) is 0 Å². The van der Waals surface area contributed by atoms with Crippen LogP contribution in [0.1, 0.15) is 33.1 Å². The minimum Gasteiger partial charge on any atom is -0.306 e. The maximum Gasteiger partial charge on any atom is 0.00358 e. The van der Waals surface area contributed by atoms with Crippen molar-refractivity contribution in [1.29, 1.82) is 0 Å². The molecule has 0 aromatic heterocycles. The number of hydrogen-bond acceptors (Lipinski definition) is 1. The zero-order valence-electron chi connectivity index (χ0n) is 7.98. The summed E-state index contributed by atoms with van der Waals surface area (Å²) in [5.41, 5.74) is 1.41. The van der Waals surface area contributed by atoms with Crippen LogP contribution >= 0.6 is 0 Å². The SMILES string of the molecule is CN1CCC2(C1)CC(C)(C)C2. The van der Waals surface area contributed by atoms with Gasteiger partial charge in [-0.2, -0.15) is 0 Å². The normalized spacial score (nSPS) is 34.1. The molecule has 1 aliphatic carbocycles. The molecule has 0 atom stereocenters. The molecule has 0 N–H and O–H groups in total. The summed E-state index contributed by atoms with van der Waals surface area (Å²) < 4.78 is 0. The average molecular weight is 153 g/mol. The van der Waals surface area contributed by atoms with E-state index in [1.807, 2.05) is 0 Å². The van der Waals surface area contributed by atoms with Crippen molar-refractivity contribution in [3.63, 3.8) is 0 Å². The molecule has 64 valence electrons. The molecular weight excluding hydrogens is 134 g/mol. The van der Waals surface area contributed by atoms with Crippen LogP contribution in [0.5, 0.6) is 0 Å². The van der Waals surface area contributed by atoms with E-state index in [0.717, 1.165) is 5.41 Å². The Morgan fingerprint density at radius 3 is 2.18 bits per heavy atom. The summed E-state index contributed by atoms with van der Waals surface area (Å²) in [6.45, 7) is 7.49. The minimum atomic E-state index is 0.658. The summed E-state index contributed by atoms with van der Waals surface area (Å²) in [7, 11) is 2.25. The van der Waals surface area contributed by atoms with Gasteiger partial charge < -0.3 is 4.90 Å². The van der Waals surface area contributed by atoms with E-state index in [4.69, 9.17) is 0 Å². The monoisotopic (exact) mass is 153 g/mol. The van der Waals surface area contributed by atoms with Crippen molar-refractivity contribution in [3.05, 3.63) is 0 Å². The molecule has 0 unspecified atom stereocenters. The summed E-state index contributed by atoms with van der Waals surface area (Å²) in [5.74, 6) is 0. The summed E-state index contributed by atoms with van der Waals surface area (Å²) in [5, 5.41) is 0. The third-order valence-corrected chi connectivity index (χ3v) is 3.34. The highest BCUT2D eigenvalue weighted by atomic mass is 15.1. The molecule has 1 heterocycles. The number of hydrogen-bond donors (Lipinski definition) is 0. The van der Waals surface area contributed by atoms with E-state index in [9.17, 15) is 0 Å². The van der Waals surface area contributed by atoms with Crippen LogP contribution in [0, 0.1) is 10.8 Å². The first kappa shape index (κ1) is 7.60. The Balaban J connectivity index is 1.97. The Kier molecular flexibility index (Phi) is 1.39. The molecule has 0 bridgehead atoms.